The largest absolute Gasteiger partial charge is 0.488 e. The van der Waals surface area contributed by atoms with Crippen LogP contribution in [0.1, 0.15) is 27.7 Å². The lowest BCUT2D eigenvalue weighted by Crippen LogP contribution is -2.53. The molecule has 128 valence electrons. The average Bonchev–Trinajstić information content (AvgIpc) is 2.46. The number of hydrogen-bond acceptors (Lipinski definition) is 6. The van der Waals surface area contributed by atoms with Crippen molar-refractivity contribution in [2.75, 3.05) is 19.8 Å². The van der Waals surface area contributed by atoms with Gasteiger partial charge in [0.2, 0.25) is 5.28 Å². The molecule has 2 unspecified atom stereocenters. The van der Waals surface area contributed by atoms with E-state index in [1.807, 2.05) is 27.7 Å². The third-order valence-corrected chi connectivity index (χ3v) is 3.36. The van der Waals surface area contributed by atoms with E-state index in [0.717, 1.165) is 0 Å². The molecule has 1 aliphatic heterocycles. The first-order chi connectivity index (χ1) is 10.7. The van der Waals surface area contributed by atoms with Gasteiger partial charge in [-0.05, 0) is 39.3 Å². The topological polar surface area (TPSA) is 73.8 Å². The van der Waals surface area contributed by atoms with E-state index in [1.54, 1.807) is 4.90 Å². The number of ether oxygens (including phenoxy) is 3. The lowest BCUT2D eigenvalue weighted by atomic mass is 10.2. The third-order valence-electron chi connectivity index (χ3n) is 3.17. The minimum absolute atomic E-state index is 0.0417. The molecule has 2 atom stereocenters. The zero-order valence-electron chi connectivity index (χ0n) is 13.8. The summed E-state index contributed by atoms with van der Waals surface area (Å²) in [6.45, 7) is 8.59. The summed E-state index contributed by atoms with van der Waals surface area (Å²) in [5, 5.41) is 0.163. The maximum absolute atomic E-state index is 12.3. The molecule has 1 saturated heterocycles. The Kier molecular flexibility index (Phi) is 5.64. The monoisotopic (exact) mass is 343 g/mol. The van der Waals surface area contributed by atoms with Crippen molar-refractivity contribution in [2.45, 2.75) is 45.4 Å². The fraction of sp³-hybridized carbons (Fsp3) is 0.667. The van der Waals surface area contributed by atoms with Gasteiger partial charge in [-0.1, -0.05) is 0 Å². The third kappa shape index (κ3) is 5.51. The van der Waals surface area contributed by atoms with Crippen LogP contribution in [0.3, 0.4) is 0 Å². The van der Waals surface area contributed by atoms with Crippen LogP contribution in [0, 0.1) is 0 Å². The van der Waals surface area contributed by atoms with Crippen LogP contribution in [0.25, 0.3) is 0 Å². The van der Waals surface area contributed by atoms with Crippen LogP contribution in [-0.4, -0.2) is 58.5 Å². The van der Waals surface area contributed by atoms with Gasteiger partial charge in [0.1, 0.15) is 18.3 Å². The fourth-order valence-electron chi connectivity index (χ4n) is 2.06. The zero-order chi connectivity index (χ0) is 17.0. The number of rotatable bonds is 3. The van der Waals surface area contributed by atoms with Crippen molar-refractivity contribution in [1.82, 2.24) is 14.9 Å². The normalized spacial score (nSPS) is 21.9. The summed E-state index contributed by atoms with van der Waals surface area (Å²) in [6.07, 6.45) is 2.40. The number of morpholine rings is 1. The Hall–Kier alpha value is -1.60. The van der Waals surface area contributed by atoms with E-state index >= 15 is 0 Å². The molecular weight excluding hydrogens is 322 g/mol. The van der Waals surface area contributed by atoms with Crippen molar-refractivity contribution >= 4 is 17.7 Å². The summed E-state index contributed by atoms with van der Waals surface area (Å²) < 4.78 is 16.7. The lowest BCUT2D eigenvalue weighted by molar-refractivity contribution is -0.0775. The molecule has 0 saturated carbocycles. The second kappa shape index (κ2) is 7.31. The van der Waals surface area contributed by atoms with Crippen molar-refractivity contribution in [1.29, 1.82) is 0 Å². The van der Waals surface area contributed by atoms with Gasteiger partial charge in [-0.3, -0.25) is 0 Å². The Balaban J connectivity index is 1.89. The second-order valence-electron chi connectivity index (χ2n) is 6.44. The minimum Gasteiger partial charge on any atom is -0.488 e. The van der Waals surface area contributed by atoms with Gasteiger partial charge in [0.25, 0.3) is 0 Å². The highest BCUT2D eigenvalue weighted by atomic mass is 35.5. The Morgan fingerprint density at radius 3 is 2.70 bits per heavy atom. The summed E-state index contributed by atoms with van der Waals surface area (Å²) >= 11 is 5.62. The van der Waals surface area contributed by atoms with Crippen LogP contribution in [0.5, 0.6) is 5.75 Å². The van der Waals surface area contributed by atoms with Crippen molar-refractivity contribution in [2.24, 2.45) is 0 Å². The number of amides is 1. The molecule has 2 rings (SSSR count). The summed E-state index contributed by atoms with van der Waals surface area (Å²) in [5.74, 6) is 0.500. The molecule has 1 aromatic rings. The molecule has 0 aliphatic carbocycles. The Labute approximate surface area is 140 Å². The highest BCUT2D eigenvalue weighted by Crippen LogP contribution is 2.18. The maximum Gasteiger partial charge on any atom is 0.410 e. The Morgan fingerprint density at radius 1 is 1.43 bits per heavy atom. The lowest BCUT2D eigenvalue weighted by Gasteiger charge is -2.38. The molecule has 1 amide bonds. The summed E-state index contributed by atoms with van der Waals surface area (Å²) in [4.78, 5) is 21.6. The van der Waals surface area contributed by atoms with Gasteiger partial charge in [-0.15, -0.1) is 0 Å². The van der Waals surface area contributed by atoms with Crippen LogP contribution >= 0.6 is 11.6 Å². The Morgan fingerprint density at radius 2 is 2.09 bits per heavy atom. The van der Waals surface area contributed by atoms with Crippen LogP contribution in [-0.2, 0) is 9.47 Å². The molecule has 0 radical (unpaired) electrons. The number of carbonyl (C=O) groups is 1. The van der Waals surface area contributed by atoms with Crippen LogP contribution < -0.4 is 4.74 Å². The van der Waals surface area contributed by atoms with Gasteiger partial charge >= 0.3 is 6.09 Å². The van der Waals surface area contributed by atoms with E-state index in [0.29, 0.717) is 18.9 Å². The number of nitrogens with zero attached hydrogens (tertiary/aromatic N) is 3. The molecular formula is C15H22ClN3O4. The molecule has 1 aromatic heterocycles. The number of carbonyl (C=O) groups excluding carboxylic acids is 1. The molecule has 23 heavy (non-hydrogen) atoms. The smallest absolute Gasteiger partial charge is 0.410 e. The first-order valence-electron chi connectivity index (χ1n) is 7.46. The average molecular weight is 344 g/mol. The first kappa shape index (κ1) is 17.7. The number of hydrogen-bond donors (Lipinski definition) is 0. The van der Waals surface area contributed by atoms with Gasteiger partial charge < -0.3 is 19.1 Å². The minimum atomic E-state index is -0.526. The molecule has 2 heterocycles. The molecule has 0 aromatic carbocycles. The van der Waals surface area contributed by atoms with Crippen molar-refractivity contribution < 1.29 is 19.0 Å². The van der Waals surface area contributed by atoms with Gasteiger partial charge in [0.05, 0.1) is 31.6 Å². The SMILES string of the molecule is CC1COC(COc2cnc(Cl)nc2)CN1C(=O)OC(C)(C)C. The van der Waals surface area contributed by atoms with Gasteiger partial charge in [-0.25, -0.2) is 14.8 Å². The van der Waals surface area contributed by atoms with Crippen molar-refractivity contribution in [3.63, 3.8) is 0 Å². The Bertz CT molecular complexity index is 533. The van der Waals surface area contributed by atoms with E-state index in [2.05, 4.69) is 9.97 Å². The summed E-state index contributed by atoms with van der Waals surface area (Å²) in [5.41, 5.74) is -0.526. The molecule has 0 spiro atoms. The van der Waals surface area contributed by atoms with Gasteiger partial charge in [-0.2, -0.15) is 0 Å². The molecule has 0 N–H and O–H groups in total. The van der Waals surface area contributed by atoms with Crippen molar-refractivity contribution in [3.05, 3.63) is 17.7 Å². The van der Waals surface area contributed by atoms with Crippen molar-refractivity contribution in [3.8, 4) is 5.75 Å². The van der Waals surface area contributed by atoms with E-state index in [-0.39, 0.29) is 30.1 Å². The zero-order valence-corrected chi connectivity index (χ0v) is 14.5. The predicted molar refractivity (Wildman–Crippen MR) is 84.7 cm³/mol. The van der Waals surface area contributed by atoms with Crippen LogP contribution in [0.15, 0.2) is 12.4 Å². The van der Waals surface area contributed by atoms with Crippen LogP contribution in [0.2, 0.25) is 5.28 Å². The van der Waals surface area contributed by atoms with Crippen LogP contribution in [0.4, 0.5) is 4.79 Å². The van der Waals surface area contributed by atoms with E-state index in [9.17, 15) is 4.79 Å². The molecule has 0 bridgehead atoms. The van der Waals surface area contributed by atoms with E-state index < -0.39 is 5.60 Å². The van der Waals surface area contributed by atoms with Gasteiger partial charge in [0.15, 0.2) is 5.75 Å². The highest BCUT2D eigenvalue weighted by molar-refractivity contribution is 6.28. The highest BCUT2D eigenvalue weighted by Gasteiger charge is 2.33. The standard InChI is InChI=1S/C15H22ClN3O4/c1-10-8-21-12(7-19(10)14(20)23-15(2,3)4)9-22-11-5-17-13(16)18-6-11/h5-6,10,12H,7-9H2,1-4H3. The molecule has 1 aliphatic rings. The predicted octanol–water partition coefficient (Wildman–Crippen LogP) is 2.53. The molecule has 1 fully saturated rings. The second-order valence-corrected chi connectivity index (χ2v) is 6.77. The van der Waals surface area contributed by atoms with E-state index in [1.165, 1.54) is 12.4 Å². The van der Waals surface area contributed by atoms with E-state index in [4.69, 9.17) is 25.8 Å². The fourth-order valence-corrected chi connectivity index (χ4v) is 2.15. The molecule has 8 heteroatoms. The van der Waals surface area contributed by atoms with Gasteiger partial charge in [0, 0.05) is 0 Å². The number of aromatic nitrogens is 2. The summed E-state index contributed by atoms with van der Waals surface area (Å²) in [7, 11) is 0. The molecule has 7 nitrogen and oxygen atoms in total. The number of halogens is 1. The first-order valence-corrected chi connectivity index (χ1v) is 7.84. The quantitative estimate of drug-likeness (QED) is 0.785. The maximum atomic E-state index is 12.3. The summed E-state index contributed by atoms with van der Waals surface area (Å²) in [6, 6.07) is -0.0417.